The molecule has 0 spiro atoms. The molecule has 4 rings (SSSR count). The maximum absolute atomic E-state index is 12.0. The quantitative estimate of drug-likeness (QED) is 0.737. The number of carbonyl (C=O) groups excluding carboxylic acids is 1. The van der Waals surface area contributed by atoms with Crippen molar-refractivity contribution in [2.75, 3.05) is 0 Å². The third-order valence-corrected chi connectivity index (χ3v) is 3.75. The predicted octanol–water partition coefficient (Wildman–Crippen LogP) is 2.82. The molecule has 0 saturated heterocycles. The van der Waals surface area contributed by atoms with E-state index in [0.29, 0.717) is 17.9 Å². The third-order valence-electron chi connectivity index (χ3n) is 3.75. The minimum atomic E-state index is 0.249. The van der Waals surface area contributed by atoms with Gasteiger partial charge in [-0.05, 0) is 31.9 Å². The van der Waals surface area contributed by atoms with E-state index in [4.69, 9.17) is 4.42 Å². The standard InChI is InChI=1S/C16H15N3O2/c1-10-8-19-9-12(7-13(20)11-4-5-11)18-15(16(19)17-10)14-3-2-6-21-14/h2-3,6,8-9,11H,4-5,7H2,1H3. The molecule has 1 aliphatic carbocycles. The van der Waals surface area contributed by atoms with Crippen LogP contribution < -0.4 is 0 Å². The summed E-state index contributed by atoms with van der Waals surface area (Å²) >= 11 is 0. The van der Waals surface area contributed by atoms with Crippen molar-refractivity contribution in [3.8, 4) is 11.5 Å². The van der Waals surface area contributed by atoms with Gasteiger partial charge in [-0.25, -0.2) is 9.97 Å². The van der Waals surface area contributed by atoms with Crippen LogP contribution in [0.25, 0.3) is 17.1 Å². The highest BCUT2D eigenvalue weighted by atomic mass is 16.3. The number of carbonyl (C=O) groups is 1. The number of ketones is 1. The van der Waals surface area contributed by atoms with Crippen molar-refractivity contribution < 1.29 is 9.21 Å². The van der Waals surface area contributed by atoms with E-state index >= 15 is 0 Å². The highest BCUT2D eigenvalue weighted by molar-refractivity contribution is 5.85. The average Bonchev–Trinajstić information content (AvgIpc) is 3.03. The Balaban J connectivity index is 1.82. The molecular formula is C16H15N3O2. The Bertz CT molecular complexity index is 814. The minimum Gasteiger partial charge on any atom is -0.463 e. The van der Waals surface area contributed by atoms with Crippen LogP contribution in [0.3, 0.4) is 0 Å². The first-order valence-electron chi connectivity index (χ1n) is 7.12. The molecule has 5 heteroatoms. The maximum Gasteiger partial charge on any atom is 0.167 e. The molecule has 1 aliphatic rings. The van der Waals surface area contributed by atoms with Crippen LogP contribution >= 0.6 is 0 Å². The van der Waals surface area contributed by atoms with Crippen LogP contribution in [0, 0.1) is 12.8 Å². The lowest BCUT2D eigenvalue weighted by atomic mass is 10.1. The predicted molar refractivity (Wildman–Crippen MR) is 76.9 cm³/mol. The number of Topliss-reactive ketones (excluding diaryl/α,β-unsaturated/α-hetero) is 1. The third kappa shape index (κ3) is 2.24. The molecule has 21 heavy (non-hydrogen) atoms. The maximum atomic E-state index is 12.0. The van der Waals surface area contributed by atoms with Crippen LogP contribution in [0.1, 0.15) is 24.2 Å². The molecule has 1 fully saturated rings. The molecule has 0 N–H and O–H groups in total. The number of furan rings is 1. The fraction of sp³-hybridized carbons (Fsp3) is 0.312. The summed E-state index contributed by atoms with van der Waals surface area (Å²) in [6, 6.07) is 3.68. The summed E-state index contributed by atoms with van der Waals surface area (Å²) in [5.74, 6) is 1.20. The zero-order valence-corrected chi connectivity index (χ0v) is 11.7. The lowest BCUT2D eigenvalue weighted by Gasteiger charge is -2.05. The molecule has 0 atom stereocenters. The number of imidazole rings is 1. The van der Waals surface area contributed by atoms with Gasteiger partial charge in [-0.1, -0.05) is 0 Å². The second-order valence-electron chi connectivity index (χ2n) is 5.59. The van der Waals surface area contributed by atoms with E-state index in [1.54, 1.807) is 6.26 Å². The Morgan fingerprint density at radius 3 is 2.95 bits per heavy atom. The largest absolute Gasteiger partial charge is 0.463 e. The van der Waals surface area contributed by atoms with Crippen LogP contribution in [0.4, 0.5) is 0 Å². The number of fused-ring (bicyclic) bond motifs is 1. The van der Waals surface area contributed by atoms with Gasteiger partial charge in [0.15, 0.2) is 11.4 Å². The van der Waals surface area contributed by atoms with Gasteiger partial charge < -0.3 is 8.82 Å². The summed E-state index contributed by atoms with van der Waals surface area (Å²) in [5, 5.41) is 0. The van der Waals surface area contributed by atoms with E-state index in [1.165, 1.54) is 0 Å². The van der Waals surface area contributed by atoms with Crippen LogP contribution in [-0.2, 0) is 11.2 Å². The van der Waals surface area contributed by atoms with E-state index in [1.807, 2.05) is 35.9 Å². The number of aromatic nitrogens is 3. The lowest BCUT2D eigenvalue weighted by Crippen LogP contribution is -2.08. The number of hydrogen-bond donors (Lipinski definition) is 0. The minimum absolute atomic E-state index is 0.249. The Hall–Kier alpha value is -2.43. The van der Waals surface area contributed by atoms with Crippen molar-refractivity contribution in [3.63, 3.8) is 0 Å². The molecule has 1 saturated carbocycles. The van der Waals surface area contributed by atoms with Gasteiger partial charge in [0.2, 0.25) is 0 Å². The molecule has 0 aliphatic heterocycles. The lowest BCUT2D eigenvalue weighted by molar-refractivity contribution is -0.119. The SMILES string of the molecule is Cc1cn2cc(CC(=O)C3CC3)nc(-c3ccco3)c2n1. The van der Waals surface area contributed by atoms with Crippen molar-refractivity contribution in [1.29, 1.82) is 0 Å². The molecule has 3 heterocycles. The molecule has 0 unspecified atom stereocenters. The van der Waals surface area contributed by atoms with Gasteiger partial charge in [0.05, 0.1) is 24.1 Å². The fourth-order valence-electron chi connectivity index (χ4n) is 2.56. The number of nitrogens with zero attached hydrogens (tertiary/aromatic N) is 3. The normalized spacial score (nSPS) is 14.7. The van der Waals surface area contributed by atoms with Crippen molar-refractivity contribution in [2.24, 2.45) is 5.92 Å². The Morgan fingerprint density at radius 1 is 1.38 bits per heavy atom. The van der Waals surface area contributed by atoms with Crippen molar-refractivity contribution in [3.05, 3.63) is 42.2 Å². The topological polar surface area (TPSA) is 60.4 Å². The van der Waals surface area contributed by atoms with Crippen molar-refractivity contribution in [1.82, 2.24) is 14.4 Å². The smallest absolute Gasteiger partial charge is 0.167 e. The van der Waals surface area contributed by atoms with Gasteiger partial charge >= 0.3 is 0 Å². The highest BCUT2D eigenvalue weighted by Crippen LogP contribution is 2.31. The van der Waals surface area contributed by atoms with E-state index in [-0.39, 0.29) is 11.7 Å². The zero-order chi connectivity index (χ0) is 14.4. The molecule has 106 valence electrons. The summed E-state index contributed by atoms with van der Waals surface area (Å²) in [6.45, 7) is 1.94. The van der Waals surface area contributed by atoms with Gasteiger partial charge in [0, 0.05) is 18.3 Å². The molecule has 5 nitrogen and oxygen atoms in total. The number of aryl methyl sites for hydroxylation is 1. The van der Waals surface area contributed by atoms with E-state index < -0.39 is 0 Å². The van der Waals surface area contributed by atoms with Crippen molar-refractivity contribution in [2.45, 2.75) is 26.2 Å². The van der Waals surface area contributed by atoms with E-state index in [9.17, 15) is 4.79 Å². The molecule has 3 aromatic rings. The Kier molecular flexibility index (Phi) is 2.67. The van der Waals surface area contributed by atoms with Crippen LogP contribution in [0.5, 0.6) is 0 Å². The monoisotopic (exact) mass is 281 g/mol. The molecule has 3 aromatic heterocycles. The zero-order valence-electron chi connectivity index (χ0n) is 11.7. The van der Waals surface area contributed by atoms with Crippen LogP contribution in [-0.4, -0.2) is 20.2 Å². The molecular weight excluding hydrogens is 266 g/mol. The second-order valence-corrected chi connectivity index (χ2v) is 5.59. The summed E-state index contributed by atoms with van der Waals surface area (Å²) in [7, 11) is 0. The first-order chi connectivity index (χ1) is 10.2. The molecule has 0 radical (unpaired) electrons. The summed E-state index contributed by atoms with van der Waals surface area (Å²) in [5.41, 5.74) is 3.12. The summed E-state index contributed by atoms with van der Waals surface area (Å²) in [4.78, 5) is 21.1. The van der Waals surface area contributed by atoms with Gasteiger partial charge in [0.1, 0.15) is 11.5 Å². The highest BCUT2D eigenvalue weighted by Gasteiger charge is 2.29. The van der Waals surface area contributed by atoms with E-state index in [0.717, 1.165) is 29.9 Å². The number of hydrogen-bond acceptors (Lipinski definition) is 4. The van der Waals surface area contributed by atoms with E-state index in [2.05, 4.69) is 9.97 Å². The van der Waals surface area contributed by atoms with Gasteiger partial charge in [0.25, 0.3) is 0 Å². The van der Waals surface area contributed by atoms with Crippen LogP contribution in [0.2, 0.25) is 0 Å². The molecule has 0 bridgehead atoms. The Labute approximate surface area is 121 Å². The number of rotatable bonds is 4. The fourth-order valence-corrected chi connectivity index (χ4v) is 2.56. The van der Waals surface area contributed by atoms with Crippen LogP contribution in [0.15, 0.2) is 35.2 Å². The second kappa shape index (κ2) is 4.55. The molecule has 0 aromatic carbocycles. The van der Waals surface area contributed by atoms with Crippen molar-refractivity contribution >= 4 is 11.4 Å². The first-order valence-corrected chi connectivity index (χ1v) is 7.12. The average molecular weight is 281 g/mol. The van der Waals surface area contributed by atoms with Gasteiger partial charge in [-0.15, -0.1) is 0 Å². The van der Waals surface area contributed by atoms with Gasteiger partial charge in [-0.2, -0.15) is 0 Å². The summed E-state index contributed by atoms with van der Waals surface area (Å²) < 4.78 is 7.38. The molecule has 0 amide bonds. The Morgan fingerprint density at radius 2 is 2.24 bits per heavy atom. The van der Waals surface area contributed by atoms with Gasteiger partial charge in [-0.3, -0.25) is 4.79 Å². The summed E-state index contributed by atoms with van der Waals surface area (Å²) in [6.07, 6.45) is 7.88. The first kappa shape index (κ1) is 12.3.